The summed E-state index contributed by atoms with van der Waals surface area (Å²) in [7, 11) is 3.26. The van der Waals surface area contributed by atoms with Crippen LogP contribution >= 0.6 is 23.1 Å². The molecule has 0 fully saturated rings. The lowest BCUT2D eigenvalue weighted by atomic mass is 10.1. The van der Waals surface area contributed by atoms with E-state index in [0.29, 0.717) is 18.7 Å². The zero-order valence-electron chi connectivity index (χ0n) is 17.1. The smallest absolute Gasteiger partial charge is 0.254 e. The summed E-state index contributed by atoms with van der Waals surface area (Å²) in [5, 5.41) is 2.79. The fourth-order valence-corrected chi connectivity index (χ4v) is 4.83. The molecule has 0 radical (unpaired) electrons. The van der Waals surface area contributed by atoms with Gasteiger partial charge in [-0.05, 0) is 36.2 Å². The Morgan fingerprint density at radius 3 is 2.67 bits per heavy atom. The van der Waals surface area contributed by atoms with Crippen LogP contribution in [0.3, 0.4) is 0 Å². The number of nitrogens with zero attached hydrogens (tertiary/aromatic N) is 2. The van der Waals surface area contributed by atoms with Crippen molar-refractivity contribution < 1.29 is 14.3 Å². The Morgan fingerprint density at radius 1 is 1.17 bits per heavy atom. The number of amides is 2. The third-order valence-corrected chi connectivity index (χ3v) is 6.66. The molecule has 0 spiro atoms. The van der Waals surface area contributed by atoms with Gasteiger partial charge in [0.15, 0.2) is 4.34 Å². The van der Waals surface area contributed by atoms with Crippen molar-refractivity contribution in [3.05, 3.63) is 59.7 Å². The molecular weight excluding hydrogens is 418 g/mol. The van der Waals surface area contributed by atoms with Gasteiger partial charge in [0.1, 0.15) is 0 Å². The first kappa shape index (κ1) is 22.3. The quantitative estimate of drug-likeness (QED) is 0.381. The molecule has 30 heavy (non-hydrogen) atoms. The highest BCUT2D eigenvalue weighted by molar-refractivity contribution is 8.00. The fourth-order valence-electron chi connectivity index (χ4n) is 2.81. The topological polar surface area (TPSA) is 71.5 Å². The number of thiazole rings is 1. The van der Waals surface area contributed by atoms with Gasteiger partial charge in [-0.25, -0.2) is 4.98 Å². The summed E-state index contributed by atoms with van der Waals surface area (Å²) in [6.45, 7) is 1.16. The number of para-hydroxylation sites is 1. The number of fused-ring (bicyclic) bond motifs is 1. The summed E-state index contributed by atoms with van der Waals surface area (Å²) in [6.07, 6.45) is 0.746. The highest BCUT2D eigenvalue weighted by atomic mass is 32.2. The van der Waals surface area contributed by atoms with Gasteiger partial charge in [-0.15, -0.1) is 11.3 Å². The van der Waals surface area contributed by atoms with Gasteiger partial charge in [0.25, 0.3) is 5.91 Å². The van der Waals surface area contributed by atoms with Crippen LogP contribution in [-0.2, 0) is 15.3 Å². The number of hydrogen-bond donors (Lipinski definition) is 1. The number of likely N-dealkylation sites (N-methyl/N-ethyl adjacent to an activating group) is 1. The van der Waals surface area contributed by atoms with E-state index in [9.17, 15) is 9.59 Å². The van der Waals surface area contributed by atoms with E-state index in [4.69, 9.17) is 4.74 Å². The second-order valence-corrected chi connectivity index (χ2v) is 9.04. The molecule has 1 N–H and O–H groups in total. The van der Waals surface area contributed by atoms with Gasteiger partial charge in [-0.2, -0.15) is 0 Å². The van der Waals surface area contributed by atoms with Gasteiger partial charge in [0.2, 0.25) is 5.91 Å². The molecule has 2 aromatic carbocycles. The molecule has 0 aliphatic carbocycles. The molecule has 3 aromatic rings. The van der Waals surface area contributed by atoms with E-state index in [1.54, 1.807) is 37.3 Å². The van der Waals surface area contributed by atoms with E-state index in [1.807, 2.05) is 42.5 Å². The molecule has 1 aromatic heterocycles. The highest BCUT2D eigenvalue weighted by Gasteiger charge is 2.15. The fraction of sp³-hybridized carbons (Fsp3) is 0.318. The normalized spacial score (nSPS) is 10.9. The van der Waals surface area contributed by atoms with Crippen molar-refractivity contribution in [2.75, 3.05) is 33.9 Å². The first-order valence-corrected chi connectivity index (χ1v) is 11.5. The SMILES string of the molecule is COCCCNC(=O)CN(C)C(=O)c1ccc(CSc2nc3ccccc3s2)cc1. The number of carbonyl (C=O) groups excluding carboxylic acids is 2. The summed E-state index contributed by atoms with van der Waals surface area (Å²) >= 11 is 3.38. The Bertz CT molecular complexity index is 956. The molecule has 8 heteroatoms. The number of rotatable bonds is 10. The molecule has 1 heterocycles. The molecule has 0 saturated carbocycles. The van der Waals surface area contributed by atoms with Gasteiger partial charge < -0.3 is 15.0 Å². The van der Waals surface area contributed by atoms with Crippen LogP contribution in [0.1, 0.15) is 22.3 Å². The van der Waals surface area contributed by atoms with E-state index in [-0.39, 0.29) is 18.4 Å². The van der Waals surface area contributed by atoms with Gasteiger partial charge in [-0.1, -0.05) is 36.0 Å². The summed E-state index contributed by atoms with van der Waals surface area (Å²) < 4.78 is 7.17. The van der Waals surface area contributed by atoms with Crippen molar-refractivity contribution in [3.63, 3.8) is 0 Å². The Kier molecular flexibility index (Phi) is 8.24. The average molecular weight is 444 g/mol. The molecule has 6 nitrogen and oxygen atoms in total. The third kappa shape index (κ3) is 6.29. The number of thioether (sulfide) groups is 1. The second-order valence-electron chi connectivity index (χ2n) is 6.79. The minimum Gasteiger partial charge on any atom is -0.385 e. The molecule has 0 unspecified atom stereocenters. The van der Waals surface area contributed by atoms with Crippen molar-refractivity contribution in [2.45, 2.75) is 16.5 Å². The molecule has 158 valence electrons. The van der Waals surface area contributed by atoms with E-state index in [2.05, 4.69) is 16.4 Å². The van der Waals surface area contributed by atoms with E-state index < -0.39 is 0 Å². The summed E-state index contributed by atoms with van der Waals surface area (Å²) in [5.41, 5.74) is 2.71. The Morgan fingerprint density at radius 2 is 1.93 bits per heavy atom. The Balaban J connectivity index is 1.49. The molecule has 0 bridgehead atoms. The molecule has 0 atom stereocenters. The van der Waals surface area contributed by atoms with Crippen molar-refractivity contribution in [1.29, 1.82) is 0 Å². The number of carbonyl (C=O) groups is 2. The van der Waals surface area contributed by atoms with Gasteiger partial charge >= 0.3 is 0 Å². The molecule has 0 saturated heterocycles. The van der Waals surface area contributed by atoms with Crippen LogP contribution < -0.4 is 5.32 Å². The van der Waals surface area contributed by atoms with E-state index in [0.717, 1.165) is 27.6 Å². The number of aromatic nitrogens is 1. The molecule has 3 rings (SSSR count). The van der Waals surface area contributed by atoms with E-state index >= 15 is 0 Å². The number of nitrogens with one attached hydrogen (secondary N) is 1. The standard InChI is InChI=1S/C22H25N3O3S2/c1-25(14-20(26)23-12-5-13-28-2)21(27)17-10-8-16(9-11-17)15-29-22-24-18-6-3-4-7-19(18)30-22/h3-4,6-11H,5,12-15H2,1-2H3,(H,23,26). The number of benzene rings is 2. The highest BCUT2D eigenvalue weighted by Crippen LogP contribution is 2.31. The number of methoxy groups -OCH3 is 1. The molecule has 0 aliphatic heterocycles. The van der Waals surface area contributed by atoms with Crippen molar-refractivity contribution >= 4 is 45.1 Å². The summed E-state index contributed by atoms with van der Waals surface area (Å²) in [6, 6.07) is 15.6. The maximum absolute atomic E-state index is 12.6. The first-order valence-electron chi connectivity index (χ1n) is 9.65. The minimum absolute atomic E-state index is 0.0288. The molecule has 2 amide bonds. The van der Waals surface area contributed by atoms with Gasteiger partial charge in [0.05, 0.1) is 16.8 Å². The lowest BCUT2D eigenvalue weighted by Crippen LogP contribution is -2.38. The van der Waals surface area contributed by atoms with Crippen LogP contribution in [0.5, 0.6) is 0 Å². The Labute approximate surface area is 184 Å². The van der Waals surface area contributed by atoms with E-state index in [1.165, 1.54) is 9.60 Å². The van der Waals surface area contributed by atoms with Crippen LogP contribution in [0.4, 0.5) is 0 Å². The second kappa shape index (κ2) is 11.1. The minimum atomic E-state index is -0.175. The molecule has 0 aliphatic rings. The zero-order chi connectivity index (χ0) is 21.3. The zero-order valence-corrected chi connectivity index (χ0v) is 18.7. The Hall–Kier alpha value is -2.42. The maximum atomic E-state index is 12.6. The van der Waals surface area contributed by atoms with Crippen LogP contribution in [0, 0.1) is 0 Å². The summed E-state index contributed by atoms with van der Waals surface area (Å²) in [5.74, 6) is 0.437. The van der Waals surface area contributed by atoms with Crippen molar-refractivity contribution in [3.8, 4) is 0 Å². The average Bonchev–Trinajstić information content (AvgIpc) is 3.18. The molecular formula is C22H25N3O3S2. The van der Waals surface area contributed by atoms with Crippen molar-refractivity contribution in [1.82, 2.24) is 15.2 Å². The summed E-state index contributed by atoms with van der Waals surface area (Å²) in [4.78, 5) is 30.6. The van der Waals surface area contributed by atoms with Gasteiger partial charge in [-0.3, -0.25) is 9.59 Å². The number of ether oxygens (including phenoxy) is 1. The monoisotopic (exact) mass is 443 g/mol. The number of hydrogen-bond acceptors (Lipinski definition) is 6. The third-order valence-electron chi connectivity index (χ3n) is 4.41. The van der Waals surface area contributed by atoms with Crippen LogP contribution in [0.2, 0.25) is 0 Å². The lowest BCUT2D eigenvalue weighted by Gasteiger charge is -2.17. The first-order chi connectivity index (χ1) is 14.6. The van der Waals surface area contributed by atoms with Crippen LogP contribution in [-0.4, -0.2) is 55.6 Å². The maximum Gasteiger partial charge on any atom is 0.254 e. The largest absolute Gasteiger partial charge is 0.385 e. The lowest BCUT2D eigenvalue weighted by molar-refractivity contribution is -0.121. The van der Waals surface area contributed by atoms with Crippen LogP contribution in [0.15, 0.2) is 52.9 Å². The van der Waals surface area contributed by atoms with Gasteiger partial charge in [0, 0.05) is 38.6 Å². The van der Waals surface area contributed by atoms with Crippen molar-refractivity contribution in [2.24, 2.45) is 0 Å². The van der Waals surface area contributed by atoms with Crippen LogP contribution in [0.25, 0.3) is 10.2 Å². The predicted molar refractivity (Wildman–Crippen MR) is 122 cm³/mol. The predicted octanol–water partition coefficient (Wildman–Crippen LogP) is 3.81.